The lowest BCUT2D eigenvalue weighted by molar-refractivity contribution is 0.730. The maximum Gasteiger partial charge on any atom is 0.151 e. The Hall–Kier alpha value is -3.24. The second-order valence-corrected chi connectivity index (χ2v) is 6.96. The monoisotopic (exact) mass is 398 g/mol. The summed E-state index contributed by atoms with van der Waals surface area (Å²) in [5.41, 5.74) is 1.49. The second-order valence-electron chi connectivity index (χ2n) is 6.96. The van der Waals surface area contributed by atoms with Crippen molar-refractivity contribution in [3.8, 4) is 23.7 Å². The molecule has 4 heteroatoms. The first-order chi connectivity index (χ1) is 14.8. The number of unbranched alkanes of at least 4 members (excludes halogenated alkanes) is 6. The molecule has 0 amide bonds. The molecule has 0 aromatic carbocycles. The van der Waals surface area contributed by atoms with E-state index >= 15 is 0 Å². The third kappa shape index (κ3) is 9.80. The van der Waals surface area contributed by atoms with Crippen molar-refractivity contribution in [3.05, 3.63) is 59.7 Å². The van der Waals surface area contributed by atoms with Crippen molar-refractivity contribution in [1.29, 1.82) is 0 Å². The summed E-state index contributed by atoms with van der Waals surface area (Å²) in [6.45, 7) is 4.41. The number of nitrogens with zero attached hydrogens (tertiary/aromatic N) is 4. The fourth-order valence-electron chi connectivity index (χ4n) is 2.59. The summed E-state index contributed by atoms with van der Waals surface area (Å²) in [5, 5.41) is 0. The number of hydrogen-bond acceptors (Lipinski definition) is 4. The smallest absolute Gasteiger partial charge is 0.151 e. The summed E-state index contributed by atoms with van der Waals surface area (Å²) < 4.78 is 0. The first-order valence-electron chi connectivity index (χ1n) is 10.8. The molecule has 0 saturated carbocycles. The Labute approximate surface area is 181 Å². The summed E-state index contributed by atoms with van der Waals surface area (Å²) in [4.78, 5) is 17.2. The van der Waals surface area contributed by atoms with Crippen LogP contribution in [0.15, 0.2) is 36.9 Å². The first-order valence-corrected chi connectivity index (χ1v) is 10.8. The fourth-order valence-corrected chi connectivity index (χ4v) is 2.59. The Balaban J connectivity index is 1.83. The predicted molar refractivity (Wildman–Crippen MR) is 124 cm³/mol. The highest BCUT2D eigenvalue weighted by atomic mass is 14.9. The quantitative estimate of drug-likeness (QED) is 0.372. The van der Waals surface area contributed by atoms with Gasteiger partial charge in [-0.25, -0.2) is 19.9 Å². The normalized spacial score (nSPS) is 10.6. The summed E-state index contributed by atoms with van der Waals surface area (Å²) in [5.74, 6) is 13.0. The van der Waals surface area contributed by atoms with Crippen LogP contribution in [0, 0.1) is 23.7 Å². The molecule has 0 spiro atoms. The van der Waals surface area contributed by atoms with Crippen LogP contribution in [0.25, 0.3) is 12.2 Å². The molecule has 0 atom stereocenters. The van der Waals surface area contributed by atoms with Crippen LogP contribution in [-0.4, -0.2) is 19.9 Å². The van der Waals surface area contributed by atoms with E-state index < -0.39 is 0 Å². The lowest BCUT2D eigenvalue weighted by Crippen LogP contribution is -1.88. The Kier molecular flexibility index (Phi) is 11.3. The predicted octanol–water partition coefficient (Wildman–Crippen LogP) is 5.86. The van der Waals surface area contributed by atoms with Gasteiger partial charge in [0.05, 0.1) is 11.1 Å². The number of hydrogen-bond donors (Lipinski definition) is 0. The average Bonchev–Trinajstić information content (AvgIpc) is 2.78. The van der Waals surface area contributed by atoms with Gasteiger partial charge in [-0.15, -0.1) is 0 Å². The zero-order chi connectivity index (χ0) is 21.3. The lowest BCUT2D eigenvalue weighted by Gasteiger charge is -1.94. The molecule has 0 unspecified atom stereocenters. The molecule has 0 aliphatic carbocycles. The Morgan fingerprint density at radius 1 is 0.633 bits per heavy atom. The van der Waals surface area contributed by atoms with Crippen LogP contribution in [0.2, 0.25) is 0 Å². The summed E-state index contributed by atoms with van der Waals surface area (Å²) in [6.07, 6.45) is 24.6. The van der Waals surface area contributed by atoms with E-state index in [-0.39, 0.29) is 0 Å². The number of aromatic nitrogens is 4. The summed E-state index contributed by atoms with van der Waals surface area (Å²) in [7, 11) is 0. The third-order valence-corrected chi connectivity index (χ3v) is 4.30. The lowest BCUT2D eigenvalue weighted by atomic mass is 10.2. The molecule has 0 N–H and O–H groups in total. The van der Waals surface area contributed by atoms with Gasteiger partial charge >= 0.3 is 0 Å². The zero-order valence-corrected chi connectivity index (χ0v) is 18.1. The topological polar surface area (TPSA) is 51.6 Å². The van der Waals surface area contributed by atoms with Crippen LogP contribution in [0.1, 0.15) is 88.0 Å². The first kappa shape index (κ1) is 23.0. The van der Waals surface area contributed by atoms with Crippen LogP contribution in [0.5, 0.6) is 0 Å². The molecular formula is C26H30N4. The molecule has 2 aromatic rings. The van der Waals surface area contributed by atoms with E-state index in [9.17, 15) is 0 Å². The van der Waals surface area contributed by atoms with Crippen molar-refractivity contribution in [3.63, 3.8) is 0 Å². The largest absolute Gasteiger partial charge is 0.236 e. The van der Waals surface area contributed by atoms with Crippen molar-refractivity contribution >= 4 is 12.2 Å². The molecule has 0 aliphatic rings. The Bertz CT molecular complexity index is 838. The minimum Gasteiger partial charge on any atom is -0.236 e. The molecule has 154 valence electrons. The molecule has 0 radical (unpaired) electrons. The SMILES string of the molecule is CCCCC/C=C/c1ncc(C#CC#Cc2cnc(/C=C/CCCCC)nc2)cn1. The number of rotatable bonds is 10. The summed E-state index contributed by atoms with van der Waals surface area (Å²) in [6, 6.07) is 0. The minimum absolute atomic E-state index is 0.708. The van der Waals surface area contributed by atoms with Gasteiger partial charge < -0.3 is 0 Å². The van der Waals surface area contributed by atoms with Crippen LogP contribution in [0.4, 0.5) is 0 Å². The zero-order valence-electron chi connectivity index (χ0n) is 18.1. The van der Waals surface area contributed by atoms with E-state index in [1.54, 1.807) is 24.8 Å². The van der Waals surface area contributed by atoms with Gasteiger partial charge in [-0.3, -0.25) is 0 Å². The average molecular weight is 399 g/mol. The van der Waals surface area contributed by atoms with Crippen molar-refractivity contribution in [2.45, 2.75) is 65.2 Å². The van der Waals surface area contributed by atoms with Gasteiger partial charge in [-0.05, 0) is 61.5 Å². The highest BCUT2D eigenvalue weighted by molar-refractivity contribution is 5.45. The van der Waals surface area contributed by atoms with Crippen molar-refractivity contribution in [1.82, 2.24) is 19.9 Å². The number of allylic oxidation sites excluding steroid dienone is 2. The molecule has 0 fully saturated rings. The molecule has 2 rings (SSSR count). The highest BCUT2D eigenvalue weighted by Crippen LogP contribution is 2.04. The van der Waals surface area contributed by atoms with Gasteiger partial charge in [0.2, 0.25) is 0 Å². The van der Waals surface area contributed by atoms with Crippen molar-refractivity contribution < 1.29 is 0 Å². The Morgan fingerprint density at radius 2 is 1.03 bits per heavy atom. The van der Waals surface area contributed by atoms with E-state index in [0.29, 0.717) is 11.6 Å². The van der Waals surface area contributed by atoms with Crippen LogP contribution in [0.3, 0.4) is 0 Å². The van der Waals surface area contributed by atoms with Crippen molar-refractivity contribution in [2.75, 3.05) is 0 Å². The van der Waals surface area contributed by atoms with E-state index in [1.165, 1.54) is 38.5 Å². The van der Waals surface area contributed by atoms with Crippen LogP contribution < -0.4 is 0 Å². The Morgan fingerprint density at radius 3 is 1.40 bits per heavy atom. The van der Waals surface area contributed by atoms with Crippen LogP contribution in [-0.2, 0) is 0 Å². The van der Waals surface area contributed by atoms with E-state index in [0.717, 1.165) is 24.0 Å². The van der Waals surface area contributed by atoms with Crippen molar-refractivity contribution in [2.24, 2.45) is 0 Å². The fraction of sp³-hybridized carbons (Fsp3) is 0.385. The highest BCUT2D eigenvalue weighted by Gasteiger charge is 1.92. The van der Waals surface area contributed by atoms with Gasteiger partial charge in [0.15, 0.2) is 11.6 Å². The van der Waals surface area contributed by atoms with E-state index in [1.807, 2.05) is 12.2 Å². The van der Waals surface area contributed by atoms with E-state index in [4.69, 9.17) is 0 Å². The van der Waals surface area contributed by atoms with E-state index in [2.05, 4.69) is 69.6 Å². The molecule has 2 aromatic heterocycles. The van der Waals surface area contributed by atoms with Gasteiger partial charge in [0.1, 0.15) is 0 Å². The molecular weight excluding hydrogens is 368 g/mol. The van der Waals surface area contributed by atoms with Gasteiger partial charge in [0.25, 0.3) is 0 Å². The van der Waals surface area contributed by atoms with Crippen LogP contribution >= 0.6 is 0 Å². The molecule has 0 bridgehead atoms. The maximum absolute atomic E-state index is 4.31. The molecule has 0 saturated heterocycles. The van der Waals surface area contributed by atoms with Gasteiger partial charge in [-0.2, -0.15) is 0 Å². The maximum atomic E-state index is 4.31. The minimum atomic E-state index is 0.708. The van der Waals surface area contributed by atoms with Gasteiger partial charge in [0, 0.05) is 24.8 Å². The third-order valence-electron chi connectivity index (χ3n) is 4.30. The standard InChI is InChI=1S/C26H30N4/c1-3-5-7-9-11-17-25-27-19-23(20-28-25)15-13-14-16-24-21-29-26(30-22-24)18-12-10-8-6-4-2/h11-12,17-22H,3-10H2,1-2H3/b17-11+,18-12+. The summed E-state index contributed by atoms with van der Waals surface area (Å²) >= 11 is 0. The van der Waals surface area contributed by atoms with Gasteiger partial charge in [-0.1, -0.05) is 51.7 Å². The molecule has 4 nitrogen and oxygen atoms in total. The molecule has 2 heterocycles. The molecule has 0 aliphatic heterocycles. The molecule has 30 heavy (non-hydrogen) atoms. The second kappa shape index (κ2) is 14.7.